The molecule has 6 heteroatoms. The molecular weight excluding hydrogens is 1390 g/mol. The normalized spacial score (nSPS) is 13.3. The van der Waals surface area contributed by atoms with Crippen LogP contribution in [0.5, 0.6) is 34.5 Å². The van der Waals surface area contributed by atoms with Gasteiger partial charge in [0.2, 0.25) is 0 Å². The molecule has 114 heavy (non-hydrogen) atoms. The minimum atomic E-state index is 0.383. The Morgan fingerprint density at radius 2 is 0.272 bits per heavy atom. The lowest BCUT2D eigenvalue weighted by molar-refractivity contribution is 0.212. The van der Waals surface area contributed by atoms with Crippen molar-refractivity contribution in [1.82, 2.24) is 0 Å². The lowest BCUT2D eigenvalue weighted by Gasteiger charge is -2.20. The number of hydrogen-bond donors (Lipinski definition) is 0. The standard InChI is InChI=1S/C108H180O6/c1-13-19-25-31-37-43-49-55-61-67-91(7)85-109-103-79-97-73-74-99-81-105(111-87-93(9)69-63-57-51-45-39-33-27-21-15-3)107(113-89-95(11)71-65-59-53-47-41-35-29-23-17-5)83-101(99)77-78-102-84-108(114-90-96(12)72-66-60-54-48-42-36-30-24-18-6)106(112-88-94(10)70-64-58-52-46-40-34-28-22-16-4)82-100(102)76-75-98(97)80-104(103)110-86-92(8)68-62-56-50-44-38-32-26-20-14-2/h79-84,91-96H,13-72,85-90H2,1-12H3/t91-,92-,93-,94-,95-,96-/m1/s1. The van der Waals surface area contributed by atoms with Gasteiger partial charge < -0.3 is 28.4 Å². The monoisotopic (exact) mass is 1570 g/mol. The minimum absolute atomic E-state index is 0.383. The minimum Gasteiger partial charge on any atom is -0.489 e. The van der Waals surface area contributed by atoms with E-state index < -0.39 is 0 Å². The van der Waals surface area contributed by atoms with Gasteiger partial charge in [-0.15, -0.1) is 0 Å². The van der Waals surface area contributed by atoms with Gasteiger partial charge in [0.05, 0.1) is 39.6 Å². The fourth-order valence-corrected chi connectivity index (χ4v) is 16.1. The molecule has 6 atom stereocenters. The molecule has 0 saturated carbocycles. The SMILES string of the molecule is CCCCCCCCCCC[C@@H](C)COc1cc2c(cc1OC[C@H](C)CCCCCCCCCCC)C#Cc1cc(OC[C@H](C)CCCCCCCCCCC)c(OC[C@H](C)CCCCCCCCCCC)cc1C#Cc1cc(OC[C@H](C)CCCCCCCCCCC)c(OC[C@H](C)CCCCCCCCCCC)cc1C#C2. The van der Waals surface area contributed by atoms with E-state index in [4.69, 9.17) is 28.4 Å². The molecular formula is C108H180O6. The van der Waals surface area contributed by atoms with E-state index in [1.54, 1.807) is 0 Å². The van der Waals surface area contributed by atoms with Crippen LogP contribution in [0.3, 0.4) is 0 Å². The van der Waals surface area contributed by atoms with Crippen molar-refractivity contribution in [3.8, 4) is 70.0 Å². The molecule has 1 aliphatic carbocycles. The number of benzene rings is 3. The van der Waals surface area contributed by atoms with Crippen molar-refractivity contribution in [2.75, 3.05) is 39.6 Å². The molecule has 1 aliphatic rings. The zero-order chi connectivity index (χ0) is 81.8. The second kappa shape index (κ2) is 70.0. The van der Waals surface area contributed by atoms with E-state index in [1.165, 1.54) is 347 Å². The molecule has 0 spiro atoms. The first kappa shape index (κ1) is 101. The molecule has 3 aromatic carbocycles. The van der Waals surface area contributed by atoms with Crippen molar-refractivity contribution in [3.05, 3.63) is 69.8 Å². The van der Waals surface area contributed by atoms with Crippen molar-refractivity contribution in [1.29, 1.82) is 0 Å². The summed E-state index contributed by atoms with van der Waals surface area (Å²) in [5.74, 6) is 29.1. The number of fused-ring (bicyclic) bond motifs is 3. The molecule has 0 radical (unpaired) electrons. The third-order valence-electron chi connectivity index (χ3n) is 24.2. The van der Waals surface area contributed by atoms with E-state index in [9.17, 15) is 0 Å². The molecule has 0 N–H and O–H groups in total. The highest BCUT2D eigenvalue weighted by atomic mass is 16.5. The molecule has 0 fully saturated rings. The van der Waals surface area contributed by atoms with Gasteiger partial charge in [-0.25, -0.2) is 0 Å². The second-order valence-corrected chi connectivity index (χ2v) is 36.5. The zero-order valence-corrected chi connectivity index (χ0v) is 77.0. The van der Waals surface area contributed by atoms with Crippen LogP contribution in [0.25, 0.3) is 0 Å². The molecule has 4 rings (SSSR count). The van der Waals surface area contributed by atoms with Crippen LogP contribution in [0.4, 0.5) is 0 Å². The average Bonchev–Trinajstić information content (AvgIpc) is 0.799. The molecule has 0 aliphatic heterocycles. The first-order valence-electron chi connectivity index (χ1n) is 49.8. The van der Waals surface area contributed by atoms with E-state index >= 15 is 0 Å². The highest BCUT2D eigenvalue weighted by Crippen LogP contribution is 2.38. The Bertz CT molecular complexity index is 2490. The molecule has 6 nitrogen and oxygen atoms in total. The van der Waals surface area contributed by atoms with Gasteiger partial charge in [-0.1, -0.05) is 465 Å². The summed E-state index contributed by atoms with van der Waals surface area (Å²) in [5.41, 5.74) is 4.78. The third-order valence-corrected chi connectivity index (χ3v) is 24.2. The molecule has 0 unspecified atom stereocenters. The molecule has 648 valence electrons. The van der Waals surface area contributed by atoms with Crippen molar-refractivity contribution in [3.63, 3.8) is 0 Å². The Hall–Kier alpha value is -4.86. The van der Waals surface area contributed by atoms with E-state index in [0.717, 1.165) is 106 Å². The van der Waals surface area contributed by atoms with Crippen molar-refractivity contribution >= 4 is 0 Å². The number of hydrogen-bond acceptors (Lipinski definition) is 6. The number of rotatable bonds is 78. The van der Waals surface area contributed by atoms with Gasteiger partial charge in [-0.2, -0.15) is 0 Å². The molecule has 0 heterocycles. The van der Waals surface area contributed by atoms with Crippen LogP contribution < -0.4 is 28.4 Å². The van der Waals surface area contributed by atoms with Gasteiger partial charge in [0, 0.05) is 69.8 Å². The second-order valence-electron chi connectivity index (χ2n) is 36.5. The summed E-state index contributed by atoms with van der Waals surface area (Å²) in [6, 6.07) is 12.8. The molecule has 0 aromatic heterocycles. The third kappa shape index (κ3) is 50.8. The number of unbranched alkanes of at least 4 members (excludes halogenated alkanes) is 48. The Morgan fingerprint density at radius 3 is 0.386 bits per heavy atom. The Labute approximate surface area is 707 Å². The first-order valence-corrected chi connectivity index (χ1v) is 49.8. The highest BCUT2D eigenvalue weighted by Gasteiger charge is 2.21. The topological polar surface area (TPSA) is 55.4 Å². The van der Waals surface area contributed by atoms with E-state index in [0.29, 0.717) is 75.1 Å². The van der Waals surface area contributed by atoms with Crippen molar-refractivity contribution < 1.29 is 28.4 Å². The smallest absolute Gasteiger partial charge is 0.162 e. The molecule has 0 saturated heterocycles. The summed E-state index contributed by atoms with van der Waals surface area (Å²) in [5, 5.41) is 0. The Kier molecular flexibility index (Phi) is 62.3. The molecule has 0 bridgehead atoms. The zero-order valence-electron chi connectivity index (χ0n) is 77.0. The average molecular weight is 1570 g/mol. The van der Waals surface area contributed by atoms with Crippen LogP contribution in [0, 0.1) is 71.0 Å². The molecule has 0 amide bonds. The van der Waals surface area contributed by atoms with Gasteiger partial charge in [-0.3, -0.25) is 0 Å². The van der Waals surface area contributed by atoms with Crippen LogP contribution in [-0.4, -0.2) is 39.6 Å². The van der Waals surface area contributed by atoms with Gasteiger partial charge in [0.1, 0.15) is 0 Å². The summed E-state index contributed by atoms with van der Waals surface area (Å²) in [4.78, 5) is 0. The van der Waals surface area contributed by atoms with Crippen LogP contribution in [0.2, 0.25) is 0 Å². The van der Waals surface area contributed by atoms with E-state index in [2.05, 4.69) is 155 Å². The summed E-state index contributed by atoms with van der Waals surface area (Å²) in [6.45, 7) is 31.6. The van der Waals surface area contributed by atoms with Crippen molar-refractivity contribution in [2.24, 2.45) is 35.5 Å². The fourth-order valence-electron chi connectivity index (χ4n) is 16.1. The van der Waals surface area contributed by atoms with Crippen molar-refractivity contribution in [2.45, 2.75) is 468 Å². The Morgan fingerprint density at radius 1 is 0.167 bits per heavy atom. The maximum absolute atomic E-state index is 7.04. The summed E-state index contributed by atoms with van der Waals surface area (Å²) < 4.78 is 42.3. The summed E-state index contributed by atoms with van der Waals surface area (Å²) in [7, 11) is 0. The number of ether oxygens (including phenoxy) is 6. The quantitative estimate of drug-likeness (QED) is 0.0324. The maximum atomic E-state index is 7.04. The predicted octanol–water partition coefficient (Wildman–Crippen LogP) is 33.8. The largest absolute Gasteiger partial charge is 0.489 e. The molecule has 3 aromatic rings. The van der Waals surface area contributed by atoms with Gasteiger partial charge in [0.15, 0.2) is 34.5 Å². The van der Waals surface area contributed by atoms with Crippen LogP contribution in [0.15, 0.2) is 36.4 Å². The first-order chi connectivity index (χ1) is 55.9. The van der Waals surface area contributed by atoms with Gasteiger partial charge in [-0.05, 0) is 74.0 Å². The van der Waals surface area contributed by atoms with Crippen LogP contribution in [0.1, 0.15) is 502 Å². The highest BCUT2D eigenvalue weighted by molar-refractivity contribution is 5.67. The predicted molar refractivity (Wildman–Crippen MR) is 496 cm³/mol. The van der Waals surface area contributed by atoms with Gasteiger partial charge in [0.25, 0.3) is 0 Å². The fraction of sp³-hybridized carbons (Fsp3) is 0.778. The van der Waals surface area contributed by atoms with E-state index in [1.807, 2.05) is 0 Å². The maximum Gasteiger partial charge on any atom is 0.162 e. The van der Waals surface area contributed by atoms with Crippen LogP contribution >= 0.6 is 0 Å². The Balaban J connectivity index is 1.89. The van der Waals surface area contributed by atoms with E-state index in [-0.39, 0.29) is 0 Å². The van der Waals surface area contributed by atoms with Gasteiger partial charge >= 0.3 is 0 Å². The summed E-state index contributed by atoms with van der Waals surface area (Å²) >= 11 is 0. The summed E-state index contributed by atoms with van der Waals surface area (Å²) in [6.07, 6.45) is 78.5. The van der Waals surface area contributed by atoms with Crippen LogP contribution in [-0.2, 0) is 0 Å². The lowest BCUT2D eigenvalue weighted by Crippen LogP contribution is -2.13. The lowest BCUT2D eigenvalue weighted by atomic mass is 9.99.